The number of halogens is 1. The predicted molar refractivity (Wildman–Crippen MR) is 113 cm³/mol. The summed E-state index contributed by atoms with van der Waals surface area (Å²) in [5.41, 5.74) is 1.29. The van der Waals surface area contributed by atoms with Gasteiger partial charge in [-0.05, 0) is 25.7 Å². The van der Waals surface area contributed by atoms with Gasteiger partial charge in [0.2, 0.25) is 0 Å². The third kappa shape index (κ3) is 5.46. The molecule has 0 aromatic heterocycles. The Morgan fingerprint density at radius 2 is 1.96 bits per heavy atom. The molecule has 0 spiro atoms. The molecule has 6 nitrogen and oxygen atoms in total. The maximum absolute atomic E-state index is 5.97. The number of benzene rings is 1. The molecule has 1 saturated heterocycles. The quantitative estimate of drug-likeness (QED) is 0.400. The van der Waals surface area contributed by atoms with E-state index in [2.05, 4.69) is 51.7 Å². The van der Waals surface area contributed by atoms with Crippen molar-refractivity contribution in [3.05, 3.63) is 29.8 Å². The smallest absolute Gasteiger partial charge is 0.191 e. The fraction of sp³-hybridized carbons (Fsp3) is 0.611. The van der Waals surface area contributed by atoms with Crippen LogP contribution in [0, 0.1) is 0 Å². The molecule has 0 radical (unpaired) electrons. The highest BCUT2D eigenvalue weighted by Gasteiger charge is 2.24. The molecule has 2 aliphatic rings. The summed E-state index contributed by atoms with van der Waals surface area (Å²) in [6.07, 6.45) is 1.13. The van der Waals surface area contributed by atoms with Crippen molar-refractivity contribution in [1.29, 1.82) is 0 Å². The first-order valence-corrected chi connectivity index (χ1v) is 8.73. The largest absolute Gasteiger partial charge is 0.488 e. The summed E-state index contributed by atoms with van der Waals surface area (Å²) < 4.78 is 5.97. The van der Waals surface area contributed by atoms with Crippen molar-refractivity contribution in [2.75, 3.05) is 53.9 Å². The van der Waals surface area contributed by atoms with Crippen LogP contribution in [0.1, 0.15) is 5.56 Å². The monoisotopic (exact) mass is 459 g/mol. The van der Waals surface area contributed by atoms with Crippen molar-refractivity contribution >= 4 is 29.9 Å². The molecule has 0 amide bonds. The number of nitrogens with zero attached hydrogens (tertiary/aromatic N) is 3. The van der Waals surface area contributed by atoms with Crippen molar-refractivity contribution in [3.63, 3.8) is 0 Å². The molecule has 25 heavy (non-hydrogen) atoms. The van der Waals surface area contributed by atoms with Crippen LogP contribution in [-0.2, 0) is 6.42 Å². The number of rotatable bonds is 4. The van der Waals surface area contributed by atoms with E-state index >= 15 is 0 Å². The van der Waals surface area contributed by atoms with E-state index in [4.69, 9.17) is 4.74 Å². The van der Waals surface area contributed by atoms with Crippen LogP contribution in [0.4, 0.5) is 0 Å². The minimum Gasteiger partial charge on any atom is -0.488 e. The van der Waals surface area contributed by atoms with E-state index < -0.39 is 0 Å². The first kappa shape index (κ1) is 20.3. The molecule has 2 aliphatic heterocycles. The van der Waals surface area contributed by atoms with Gasteiger partial charge in [-0.2, -0.15) is 0 Å². The fourth-order valence-corrected chi connectivity index (χ4v) is 3.34. The van der Waals surface area contributed by atoms with Gasteiger partial charge in [0.1, 0.15) is 11.9 Å². The summed E-state index contributed by atoms with van der Waals surface area (Å²) in [7, 11) is 6.19. The van der Waals surface area contributed by atoms with Gasteiger partial charge in [-0.1, -0.05) is 18.2 Å². The molecule has 1 aromatic carbocycles. The Balaban J connectivity index is 0.00000225. The number of para-hydroxylation sites is 1. The summed E-state index contributed by atoms with van der Waals surface area (Å²) in [6, 6.07) is 8.77. The van der Waals surface area contributed by atoms with Gasteiger partial charge in [-0.15, -0.1) is 24.0 Å². The van der Waals surface area contributed by atoms with E-state index in [1.165, 1.54) is 5.56 Å². The highest BCUT2D eigenvalue weighted by molar-refractivity contribution is 14.0. The maximum atomic E-state index is 5.97. The second-order valence-electron chi connectivity index (χ2n) is 6.78. The molecule has 3 rings (SSSR count). The number of aliphatic imine (C=N–C) groups is 1. The molecule has 0 bridgehead atoms. The number of hydrogen-bond acceptors (Lipinski definition) is 4. The molecule has 140 valence electrons. The highest BCUT2D eigenvalue weighted by atomic mass is 127. The number of ether oxygens (including phenoxy) is 1. The van der Waals surface area contributed by atoms with Gasteiger partial charge < -0.3 is 20.3 Å². The number of hydrogen-bond donors (Lipinski definition) is 2. The van der Waals surface area contributed by atoms with Crippen LogP contribution in [-0.4, -0.2) is 81.8 Å². The summed E-state index contributed by atoms with van der Waals surface area (Å²) >= 11 is 0. The van der Waals surface area contributed by atoms with E-state index in [-0.39, 0.29) is 30.1 Å². The molecule has 0 saturated carbocycles. The second kappa shape index (κ2) is 9.59. The zero-order chi connectivity index (χ0) is 16.9. The third-order valence-corrected chi connectivity index (χ3v) is 4.92. The number of piperazine rings is 1. The highest BCUT2D eigenvalue weighted by Crippen LogP contribution is 2.27. The first-order valence-electron chi connectivity index (χ1n) is 8.73. The van der Waals surface area contributed by atoms with Gasteiger partial charge in [0.25, 0.3) is 0 Å². The Bertz CT molecular complexity index is 557. The Hall–Kier alpha value is -1.06. The molecule has 2 atom stereocenters. The zero-order valence-corrected chi connectivity index (χ0v) is 17.7. The third-order valence-electron chi connectivity index (χ3n) is 4.92. The first-order chi connectivity index (χ1) is 11.7. The summed E-state index contributed by atoms with van der Waals surface area (Å²) in [5.74, 6) is 1.86. The average molecular weight is 459 g/mol. The number of guanidine groups is 1. The van der Waals surface area contributed by atoms with Crippen LogP contribution in [0.3, 0.4) is 0 Å². The Morgan fingerprint density at radius 3 is 2.72 bits per heavy atom. The molecule has 1 fully saturated rings. The maximum Gasteiger partial charge on any atom is 0.191 e. The summed E-state index contributed by atoms with van der Waals surface area (Å²) in [6.45, 7) is 4.99. The average Bonchev–Trinajstić information content (AvgIpc) is 3.00. The molecular formula is C18H30IN5O. The van der Waals surface area contributed by atoms with Gasteiger partial charge in [0.15, 0.2) is 5.96 Å². The molecule has 2 unspecified atom stereocenters. The van der Waals surface area contributed by atoms with Gasteiger partial charge in [-0.3, -0.25) is 9.89 Å². The van der Waals surface area contributed by atoms with Gasteiger partial charge in [0, 0.05) is 45.7 Å². The lowest BCUT2D eigenvalue weighted by Gasteiger charge is -2.38. The van der Waals surface area contributed by atoms with E-state index in [1.807, 2.05) is 19.2 Å². The summed E-state index contributed by atoms with van der Waals surface area (Å²) in [5, 5.41) is 6.84. The van der Waals surface area contributed by atoms with E-state index in [0.717, 1.165) is 50.9 Å². The fourth-order valence-electron chi connectivity index (χ4n) is 3.34. The lowest BCUT2D eigenvalue weighted by atomic mass is 10.1. The van der Waals surface area contributed by atoms with Gasteiger partial charge in [0.05, 0.1) is 6.54 Å². The molecule has 2 N–H and O–H groups in total. The van der Waals surface area contributed by atoms with Crippen LogP contribution >= 0.6 is 24.0 Å². The van der Waals surface area contributed by atoms with E-state index in [0.29, 0.717) is 6.04 Å². The van der Waals surface area contributed by atoms with Crippen molar-refractivity contribution in [1.82, 2.24) is 20.4 Å². The minimum atomic E-state index is 0. The Morgan fingerprint density at radius 1 is 1.20 bits per heavy atom. The minimum absolute atomic E-state index is 0. The van der Waals surface area contributed by atoms with Crippen LogP contribution in [0.5, 0.6) is 5.75 Å². The van der Waals surface area contributed by atoms with Crippen LogP contribution in [0.15, 0.2) is 29.3 Å². The molecule has 1 aromatic rings. The number of likely N-dealkylation sites (N-methyl/N-ethyl adjacent to an activating group) is 2. The predicted octanol–water partition coefficient (Wildman–Crippen LogP) is 1.02. The topological polar surface area (TPSA) is 52.1 Å². The van der Waals surface area contributed by atoms with E-state index in [9.17, 15) is 0 Å². The SMILES string of the molecule is CN=C(NCC1Cc2ccccc2O1)NCC1CN(C)CCN1C.I. The number of fused-ring (bicyclic) bond motifs is 1. The Labute approximate surface area is 168 Å². The van der Waals surface area contributed by atoms with Crippen molar-refractivity contribution in [2.45, 2.75) is 18.6 Å². The van der Waals surface area contributed by atoms with Gasteiger partial charge >= 0.3 is 0 Å². The summed E-state index contributed by atoms with van der Waals surface area (Å²) in [4.78, 5) is 9.13. The van der Waals surface area contributed by atoms with Crippen molar-refractivity contribution in [3.8, 4) is 5.75 Å². The van der Waals surface area contributed by atoms with Crippen LogP contribution < -0.4 is 15.4 Å². The second-order valence-corrected chi connectivity index (χ2v) is 6.78. The molecule has 7 heteroatoms. The van der Waals surface area contributed by atoms with Crippen molar-refractivity contribution in [2.24, 2.45) is 4.99 Å². The van der Waals surface area contributed by atoms with Gasteiger partial charge in [-0.25, -0.2) is 0 Å². The molecular weight excluding hydrogens is 429 g/mol. The lowest BCUT2D eigenvalue weighted by Crippen LogP contribution is -2.55. The number of nitrogens with one attached hydrogen (secondary N) is 2. The zero-order valence-electron chi connectivity index (χ0n) is 15.4. The molecule has 0 aliphatic carbocycles. The van der Waals surface area contributed by atoms with Crippen LogP contribution in [0.25, 0.3) is 0 Å². The Kier molecular flexibility index (Phi) is 7.77. The van der Waals surface area contributed by atoms with Crippen molar-refractivity contribution < 1.29 is 4.74 Å². The normalized spacial score (nSPS) is 24.2. The lowest BCUT2D eigenvalue weighted by molar-refractivity contribution is 0.116. The molecule has 2 heterocycles. The van der Waals surface area contributed by atoms with E-state index in [1.54, 1.807) is 0 Å². The standard InChI is InChI=1S/C18H29N5O.HI/c1-19-18(20-11-15-13-22(2)8-9-23(15)3)21-12-16-10-14-6-4-5-7-17(14)24-16;/h4-7,15-16H,8-13H2,1-3H3,(H2,19,20,21);1H. The van der Waals surface area contributed by atoms with Crippen LogP contribution in [0.2, 0.25) is 0 Å².